The second-order valence-electron chi connectivity index (χ2n) is 12.4. The highest BCUT2D eigenvalue weighted by Gasteiger charge is 2.51. The van der Waals surface area contributed by atoms with Crippen LogP contribution in [0.2, 0.25) is 0 Å². The van der Waals surface area contributed by atoms with Crippen LogP contribution < -0.4 is 17.0 Å². The van der Waals surface area contributed by atoms with Crippen molar-refractivity contribution in [1.82, 2.24) is 24.4 Å². The number of fused-ring (bicyclic) bond motifs is 3. The first-order valence-electron chi connectivity index (χ1n) is 15.6. The number of nitrogens with two attached hydrogens (primary N) is 1. The predicted octanol–water partition coefficient (Wildman–Crippen LogP) is -3.58. The van der Waals surface area contributed by atoms with Gasteiger partial charge in [0.1, 0.15) is 54.8 Å². The number of amidine groups is 1. The summed E-state index contributed by atoms with van der Waals surface area (Å²) in [5.74, 6) is -0.0900. The van der Waals surface area contributed by atoms with Gasteiger partial charge in [-0.15, -0.1) is 0 Å². The summed E-state index contributed by atoms with van der Waals surface area (Å²) in [5.41, 5.74) is 5.87. The van der Waals surface area contributed by atoms with Crippen molar-refractivity contribution in [2.45, 2.75) is 75.5 Å². The minimum Gasteiger partial charge on any atom is -0.388 e. The Hall–Kier alpha value is -3.87. The Morgan fingerprint density at radius 3 is 2.43 bits per heavy atom. The third-order valence-corrected chi connectivity index (χ3v) is 11.3. The average Bonchev–Trinajstić information content (AvgIpc) is 3.63. The minimum absolute atomic E-state index is 0.150. The third kappa shape index (κ3) is 8.00. The highest BCUT2D eigenvalue weighted by atomic mass is 31.3. The van der Waals surface area contributed by atoms with Gasteiger partial charge in [0, 0.05) is 0 Å². The van der Waals surface area contributed by atoms with Crippen LogP contribution >= 0.6 is 15.6 Å². The first-order chi connectivity index (χ1) is 24.9. The summed E-state index contributed by atoms with van der Waals surface area (Å²) >= 11 is 0. The largest absolute Gasteiger partial charge is 0.481 e. The molecule has 288 valence electrons. The summed E-state index contributed by atoms with van der Waals surface area (Å²) in [6, 6.07) is 2.62. The normalized spacial score (nSPS) is 28.1. The summed E-state index contributed by atoms with van der Waals surface area (Å²) in [6.07, 6.45) is -10.4. The Balaban J connectivity index is 1.05. The van der Waals surface area contributed by atoms with Crippen LogP contribution in [0.5, 0.6) is 0 Å². The van der Waals surface area contributed by atoms with Gasteiger partial charge < -0.3 is 55.3 Å². The second kappa shape index (κ2) is 14.8. The molecule has 0 aromatic heterocycles. The fourth-order valence-electron chi connectivity index (χ4n) is 5.82. The number of hydrogen-bond donors (Lipinski definition) is 9. The van der Waals surface area contributed by atoms with Gasteiger partial charge in [-0.2, -0.15) is 9.29 Å². The van der Waals surface area contributed by atoms with E-state index in [-0.39, 0.29) is 22.9 Å². The van der Waals surface area contributed by atoms with Crippen molar-refractivity contribution in [3.8, 4) is 11.5 Å². The number of rotatable bonds is 13. The van der Waals surface area contributed by atoms with Gasteiger partial charge in [0.2, 0.25) is 0 Å². The lowest BCUT2D eigenvalue weighted by atomic mass is 10.1. The van der Waals surface area contributed by atoms with Crippen molar-refractivity contribution >= 4 is 45.2 Å². The van der Waals surface area contributed by atoms with Gasteiger partial charge in [0.25, 0.3) is 5.56 Å². The molecule has 1 fully saturated rings. The lowest BCUT2D eigenvalue weighted by molar-refractivity contribution is -0.0803. The molecule has 0 aliphatic carbocycles. The van der Waals surface area contributed by atoms with Gasteiger partial charge in [-0.05, 0) is 37.1 Å². The molecule has 0 amide bonds. The molecule has 0 spiro atoms. The lowest BCUT2D eigenvalue weighted by Gasteiger charge is -2.31. The number of nitrogens with zero attached hydrogens (tertiary/aromatic N) is 7. The average molecular weight is 788 g/mol. The number of hydrogen-bond acceptors (Lipinski definition) is 20. The number of phosphoric acid groups is 2. The van der Waals surface area contributed by atoms with Gasteiger partial charge in [-0.3, -0.25) is 23.8 Å². The summed E-state index contributed by atoms with van der Waals surface area (Å²) in [6.45, 7) is 0.821. The first kappa shape index (κ1) is 38.8. The number of H-pyrrole nitrogens is 1. The molecular weight excluding hydrogens is 752 g/mol. The van der Waals surface area contributed by atoms with Gasteiger partial charge in [0.05, 0.1) is 37.1 Å². The van der Waals surface area contributed by atoms with Gasteiger partial charge in [-0.1, -0.05) is 0 Å². The number of aromatic amines is 1. The molecule has 1 saturated heterocycles. The molecule has 10 N–H and O–H groups in total. The Labute approximate surface area is 297 Å². The minimum atomic E-state index is -5.54. The van der Waals surface area contributed by atoms with E-state index < -0.39 is 102 Å². The molecule has 5 aliphatic heterocycles. The molecule has 11 atom stereocenters. The van der Waals surface area contributed by atoms with E-state index in [9.17, 15) is 54.0 Å². The van der Waals surface area contributed by atoms with Crippen LogP contribution in [0.3, 0.4) is 0 Å². The number of aliphatic hydroxyl groups is 5. The van der Waals surface area contributed by atoms with Crippen LogP contribution in [0.1, 0.15) is 11.1 Å². The number of ether oxygens (including phenoxy) is 1. The molecular formula is C27H35N9O15P2. The van der Waals surface area contributed by atoms with E-state index >= 15 is 0 Å². The maximum atomic E-state index is 12.5. The lowest BCUT2D eigenvalue weighted by Crippen LogP contribution is -2.51. The second-order valence-corrected chi connectivity index (χ2v) is 15.4. The monoisotopic (exact) mass is 787 g/mol. The molecule has 1 aromatic rings. The predicted molar refractivity (Wildman–Crippen MR) is 180 cm³/mol. The molecule has 5 aliphatic rings. The van der Waals surface area contributed by atoms with Crippen LogP contribution in [0.25, 0.3) is 22.6 Å². The maximum Gasteiger partial charge on any atom is 0.481 e. The fraction of sp³-hybridized carbons (Fsp3) is 0.519. The van der Waals surface area contributed by atoms with Crippen LogP contribution in [0.4, 0.5) is 0 Å². The Bertz CT molecular complexity index is 2160. The highest BCUT2D eigenvalue weighted by molar-refractivity contribution is 7.61. The Morgan fingerprint density at radius 1 is 1.00 bits per heavy atom. The zero-order chi connectivity index (χ0) is 38.6. The molecule has 1 aromatic carbocycles. The van der Waals surface area contributed by atoms with Crippen LogP contribution in [0, 0.1) is 13.8 Å². The summed E-state index contributed by atoms with van der Waals surface area (Å²) < 4.78 is 45.4. The smallest absolute Gasteiger partial charge is 0.388 e. The zero-order valence-corrected chi connectivity index (χ0v) is 29.4. The van der Waals surface area contributed by atoms with Crippen LogP contribution in [-0.4, -0.2) is 147 Å². The molecule has 26 heteroatoms. The molecule has 2 unspecified atom stereocenters. The number of nitrogens with one attached hydrogen (secondary N) is 1. The number of aryl methyl sites for hydroxylation is 2. The Morgan fingerprint density at radius 2 is 1.70 bits per heavy atom. The van der Waals surface area contributed by atoms with Crippen molar-refractivity contribution in [1.29, 1.82) is 0 Å². The number of aromatic nitrogens is 4. The zero-order valence-electron chi connectivity index (χ0n) is 27.6. The topological polar surface area (TPSA) is 360 Å². The van der Waals surface area contributed by atoms with Crippen molar-refractivity contribution in [2.75, 3.05) is 13.2 Å². The molecule has 24 nitrogen and oxygen atoms in total. The fourth-order valence-corrected chi connectivity index (χ4v) is 7.92. The van der Waals surface area contributed by atoms with E-state index in [1.807, 2.05) is 4.98 Å². The molecule has 0 radical (unpaired) electrons. The molecule has 5 heterocycles. The van der Waals surface area contributed by atoms with Gasteiger partial charge in [0.15, 0.2) is 23.9 Å². The van der Waals surface area contributed by atoms with Crippen molar-refractivity contribution in [3.05, 3.63) is 44.1 Å². The summed E-state index contributed by atoms with van der Waals surface area (Å²) in [4.78, 5) is 68.3. The van der Waals surface area contributed by atoms with Crippen LogP contribution in [-0.2, 0) is 33.8 Å². The van der Waals surface area contributed by atoms with E-state index in [0.29, 0.717) is 5.52 Å². The number of aliphatic hydroxyl groups excluding tert-OH is 5. The molecule has 6 rings (SSSR count). The quantitative estimate of drug-likeness (QED) is 0.0597. The summed E-state index contributed by atoms with van der Waals surface area (Å²) in [5, 5.41) is 53.1. The molecule has 0 saturated carbocycles. The van der Waals surface area contributed by atoms with Crippen molar-refractivity contribution in [2.24, 2.45) is 20.7 Å². The molecule has 53 heavy (non-hydrogen) atoms. The maximum absolute atomic E-state index is 12.5. The number of benzene rings is 1. The van der Waals surface area contributed by atoms with E-state index in [1.54, 1.807) is 26.0 Å². The standard InChI is InChI=1S/C27H35N9O15P2/c1-10-3-12-13(4-11(10)2)35(24-18(32-12)25(42)34-27(43)33-24)5-14(37)19(39)15(38)6-48-52(44,45)51-53(46,47)49-7-16-20(40)21(41)26(50-16)36-9-31-17-22(28)29-8-30-23(17)36/h3-4,8-9,14-17,19-21,23,26,37-41H,5-7H2,1-2H3,(H,44,45)(H,46,47)(H2,28,29,30)(H,34,42,43)/t14-,15+,16+,17+,19-,20+,21+,23+,26+/m0/s1. The van der Waals surface area contributed by atoms with E-state index in [1.165, 1.54) is 22.1 Å². The molecule has 0 bridgehead atoms. The van der Waals surface area contributed by atoms with Crippen LogP contribution in [0.15, 0.2) is 36.7 Å². The van der Waals surface area contributed by atoms with Gasteiger partial charge in [-0.25, -0.2) is 28.9 Å². The SMILES string of the molecule is Cc1cc2nc3c(=O)[nH]c(=O)nc-3n(C[C@H](O)[C@H](O)[C@H](O)COP(=O)(O)OP(=O)(O)OC[C@H]3O[C@@H](N4C=N[C@@H]5C(N)=NC=N[C@@H]54)[C@H](O)[C@@H]3O)c2cc1C. The first-order valence-corrected chi connectivity index (χ1v) is 18.6. The summed E-state index contributed by atoms with van der Waals surface area (Å²) in [7, 11) is -11.0. The number of phosphoric ester groups is 2. The third-order valence-electron chi connectivity index (χ3n) is 8.71. The van der Waals surface area contributed by atoms with Gasteiger partial charge >= 0.3 is 21.3 Å². The highest BCUT2D eigenvalue weighted by Crippen LogP contribution is 2.60. The van der Waals surface area contributed by atoms with Crippen molar-refractivity contribution in [3.63, 3.8) is 0 Å². The number of aliphatic imine (C=N–C) groups is 3. The van der Waals surface area contributed by atoms with E-state index in [4.69, 9.17) is 15.0 Å². The van der Waals surface area contributed by atoms with E-state index in [0.717, 1.165) is 11.1 Å². The Kier molecular flexibility index (Phi) is 10.8. The van der Waals surface area contributed by atoms with E-state index in [2.05, 4.69) is 33.8 Å². The van der Waals surface area contributed by atoms with Crippen molar-refractivity contribution < 1.29 is 62.5 Å².